The summed E-state index contributed by atoms with van der Waals surface area (Å²) < 4.78 is 2.14. The van der Waals surface area contributed by atoms with Gasteiger partial charge in [-0.15, -0.1) is 11.3 Å². The minimum absolute atomic E-state index is 0.762. The predicted octanol–water partition coefficient (Wildman–Crippen LogP) is 3.24. The number of hydrogen-bond donors (Lipinski definition) is 1. The lowest BCUT2D eigenvalue weighted by Crippen LogP contribution is -1.99. The molecular weight excluding hydrogens is 242 g/mol. The SMILES string of the molecule is Nc1cccc(-c2nccn2Cc2cccs2)c1. The summed E-state index contributed by atoms with van der Waals surface area (Å²) in [7, 11) is 0. The maximum atomic E-state index is 5.82. The highest BCUT2D eigenvalue weighted by molar-refractivity contribution is 7.09. The number of nitrogen functional groups attached to an aromatic ring is 1. The van der Waals surface area contributed by atoms with Crippen molar-refractivity contribution in [3.05, 3.63) is 59.0 Å². The smallest absolute Gasteiger partial charge is 0.140 e. The van der Waals surface area contributed by atoms with Gasteiger partial charge in [0.2, 0.25) is 0 Å². The van der Waals surface area contributed by atoms with E-state index in [1.165, 1.54) is 4.88 Å². The molecule has 2 aromatic heterocycles. The number of nitrogens with two attached hydrogens (primary N) is 1. The lowest BCUT2D eigenvalue weighted by Gasteiger charge is -2.07. The highest BCUT2D eigenvalue weighted by Crippen LogP contribution is 2.21. The summed E-state index contributed by atoms with van der Waals surface area (Å²) in [6.45, 7) is 0.849. The van der Waals surface area contributed by atoms with Crippen LogP contribution in [0.4, 0.5) is 5.69 Å². The highest BCUT2D eigenvalue weighted by atomic mass is 32.1. The second-order valence-electron chi connectivity index (χ2n) is 4.08. The van der Waals surface area contributed by atoms with Crippen molar-refractivity contribution in [3.63, 3.8) is 0 Å². The molecule has 0 aliphatic carbocycles. The Hall–Kier alpha value is -2.07. The van der Waals surface area contributed by atoms with Crippen LogP contribution in [0.2, 0.25) is 0 Å². The van der Waals surface area contributed by atoms with E-state index in [1.807, 2.05) is 36.7 Å². The van der Waals surface area contributed by atoms with Crippen LogP contribution in [0, 0.1) is 0 Å². The number of rotatable bonds is 3. The average molecular weight is 255 g/mol. The van der Waals surface area contributed by atoms with Crippen molar-refractivity contribution in [1.29, 1.82) is 0 Å². The van der Waals surface area contributed by atoms with Gasteiger partial charge in [-0.25, -0.2) is 4.98 Å². The van der Waals surface area contributed by atoms with Crippen LogP contribution >= 0.6 is 11.3 Å². The molecule has 0 amide bonds. The Bertz CT molecular complexity index is 641. The number of benzene rings is 1. The molecule has 0 fully saturated rings. The number of thiophene rings is 1. The standard InChI is InChI=1S/C14H13N3S/c15-12-4-1-3-11(9-12)14-16-6-7-17(14)10-13-5-2-8-18-13/h1-9H,10,15H2. The van der Waals surface area contributed by atoms with Crippen LogP contribution < -0.4 is 5.73 Å². The second kappa shape index (κ2) is 4.66. The van der Waals surface area contributed by atoms with E-state index in [1.54, 1.807) is 11.3 Å². The van der Waals surface area contributed by atoms with E-state index in [4.69, 9.17) is 5.73 Å². The third kappa shape index (κ3) is 2.15. The molecule has 0 saturated carbocycles. The van der Waals surface area contributed by atoms with Crippen molar-refractivity contribution in [2.75, 3.05) is 5.73 Å². The summed E-state index contributed by atoms with van der Waals surface area (Å²) in [6, 6.07) is 12.0. The van der Waals surface area contributed by atoms with Crippen molar-refractivity contribution in [2.45, 2.75) is 6.54 Å². The lowest BCUT2D eigenvalue weighted by atomic mass is 10.2. The summed E-state index contributed by atoms with van der Waals surface area (Å²) in [5, 5.41) is 2.09. The molecule has 3 nitrogen and oxygen atoms in total. The zero-order valence-corrected chi connectivity index (χ0v) is 10.6. The van der Waals surface area contributed by atoms with Gasteiger partial charge in [0.15, 0.2) is 0 Å². The Kier molecular flexibility index (Phi) is 2.86. The monoisotopic (exact) mass is 255 g/mol. The van der Waals surface area contributed by atoms with Gasteiger partial charge in [-0.2, -0.15) is 0 Å². The van der Waals surface area contributed by atoms with Gasteiger partial charge in [0, 0.05) is 28.5 Å². The van der Waals surface area contributed by atoms with Gasteiger partial charge >= 0.3 is 0 Å². The molecule has 90 valence electrons. The third-order valence-corrected chi connectivity index (χ3v) is 3.63. The van der Waals surface area contributed by atoms with Crippen LogP contribution in [-0.4, -0.2) is 9.55 Å². The normalized spacial score (nSPS) is 10.7. The Morgan fingerprint density at radius 2 is 2.17 bits per heavy atom. The van der Waals surface area contributed by atoms with Crippen LogP contribution in [0.1, 0.15) is 4.88 Å². The molecule has 2 heterocycles. The van der Waals surface area contributed by atoms with Crippen LogP contribution in [0.5, 0.6) is 0 Å². The van der Waals surface area contributed by atoms with Crippen molar-refractivity contribution in [3.8, 4) is 11.4 Å². The van der Waals surface area contributed by atoms with Crippen molar-refractivity contribution in [1.82, 2.24) is 9.55 Å². The van der Waals surface area contributed by atoms with E-state index in [9.17, 15) is 0 Å². The van der Waals surface area contributed by atoms with E-state index in [-0.39, 0.29) is 0 Å². The van der Waals surface area contributed by atoms with E-state index < -0.39 is 0 Å². The molecule has 0 radical (unpaired) electrons. The molecule has 0 aliphatic heterocycles. The molecule has 4 heteroatoms. The van der Waals surface area contributed by atoms with Crippen molar-refractivity contribution >= 4 is 17.0 Å². The Morgan fingerprint density at radius 3 is 2.94 bits per heavy atom. The molecule has 3 rings (SSSR count). The Labute approximate surface area is 110 Å². The summed E-state index contributed by atoms with van der Waals surface area (Å²) in [5.74, 6) is 0.954. The number of nitrogens with zero attached hydrogens (tertiary/aromatic N) is 2. The minimum Gasteiger partial charge on any atom is -0.399 e. The fourth-order valence-electron chi connectivity index (χ4n) is 1.95. The second-order valence-corrected chi connectivity index (χ2v) is 5.12. The van der Waals surface area contributed by atoms with Gasteiger partial charge in [-0.05, 0) is 23.6 Å². The van der Waals surface area contributed by atoms with Gasteiger partial charge in [0.05, 0.1) is 6.54 Å². The first-order chi connectivity index (χ1) is 8.83. The molecule has 2 N–H and O–H groups in total. The van der Waals surface area contributed by atoms with Gasteiger partial charge in [-0.1, -0.05) is 18.2 Å². The molecule has 0 spiro atoms. The maximum absolute atomic E-state index is 5.82. The molecule has 18 heavy (non-hydrogen) atoms. The van der Waals surface area contributed by atoms with Gasteiger partial charge in [-0.3, -0.25) is 0 Å². The Morgan fingerprint density at radius 1 is 1.22 bits per heavy atom. The fraction of sp³-hybridized carbons (Fsp3) is 0.0714. The Balaban J connectivity index is 1.96. The summed E-state index contributed by atoms with van der Waals surface area (Å²) >= 11 is 1.75. The van der Waals surface area contributed by atoms with Crippen molar-refractivity contribution in [2.24, 2.45) is 0 Å². The number of anilines is 1. The maximum Gasteiger partial charge on any atom is 0.140 e. The molecule has 3 aromatic rings. The molecule has 0 saturated heterocycles. The summed E-state index contributed by atoms with van der Waals surface area (Å²) in [6.07, 6.45) is 3.82. The van der Waals surface area contributed by atoms with Crippen molar-refractivity contribution < 1.29 is 0 Å². The van der Waals surface area contributed by atoms with E-state index in [0.717, 1.165) is 23.6 Å². The van der Waals surface area contributed by atoms with Crippen LogP contribution in [-0.2, 0) is 6.54 Å². The fourth-order valence-corrected chi connectivity index (χ4v) is 2.65. The van der Waals surface area contributed by atoms with Crippen LogP contribution in [0.15, 0.2) is 54.2 Å². The molecule has 0 unspecified atom stereocenters. The number of imidazole rings is 1. The third-order valence-electron chi connectivity index (χ3n) is 2.77. The summed E-state index contributed by atoms with van der Waals surface area (Å²) in [4.78, 5) is 5.74. The molecule has 0 atom stereocenters. The first-order valence-electron chi connectivity index (χ1n) is 5.72. The summed E-state index contributed by atoms with van der Waals surface area (Å²) in [5.41, 5.74) is 7.63. The molecular formula is C14H13N3S. The van der Waals surface area contributed by atoms with E-state index >= 15 is 0 Å². The van der Waals surface area contributed by atoms with Crippen LogP contribution in [0.25, 0.3) is 11.4 Å². The number of hydrogen-bond acceptors (Lipinski definition) is 3. The molecule has 0 bridgehead atoms. The molecule has 1 aromatic carbocycles. The number of aromatic nitrogens is 2. The predicted molar refractivity (Wildman–Crippen MR) is 75.5 cm³/mol. The average Bonchev–Trinajstić information content (AvgIpc) is 3.01. The zero-order chi connectivity index (χ0) is 12.4. The van der Waals surface area contributed by atoms with Crippen LogP contribution in [0.3, 0.4) is 0 Å². The molecule has 0 aliphatic rings. The lowest BCUT2D eigenvalue weighted by molar-refractivity contribution is 0.820. The van der Waals surface area contributed by atoms with E-state index in [2.05, 4.69) is 27.1 Å². The first kappa shape index (κ1) is 11.0. The van der Waals surface area contributed by atoms with E-state index in [0.29, 0.717) is 0 Å². The van der Waals surface area contributed by atoms with Gasteiger partial charge in [0.25, 0.3) is 0 Å². The topological polar surface area (TPSA) is 43.8 Å². The highest BCUT2D eigenvalue weighted by Gasteiger charge is 2.06. The largest absolute Gasteiger partial charge is 0.399 e. The van der Waals surface area contributed by atoms with Gasteiger partial charge < -0.3 is 10.3 Å². The minimum atomic E-state index is 0.762. The quantitative estimate of drug-likeness (QED) is 0.730. The first-order valence-corrected chi connectivity index (χ1v) is 6.60. The van der Waals surface area contributed by atoms with Gasteiger partial charge in [0.1, 0.15) is 5.82 Å². The zero-order valence-electron chi connectivity index (χ0n) is 9.78.